The van der Waals surface area contributed by atoms with E-state index in [0.717, 1.165) is 0 Å². The number of benzene rings is 1. The Bertz CT molecular complexity index is 746. The number of hydrogen-bond acceptors (Lipinski definition) is 5. The third-order valence-corrected chi connectivity index (χ3v) is 5.06. The molecule has 2 aromatic rings. The normalized spacial score (nSPS) is 18.9. The molecule has 3 rings (SSSR count). The van der Waals surface area contributed by atoms with Crippen molar-refractivity contribution in [2.75, 3.05) is 18.2 Å². The Morgan fingerprint density at radius 3 is 2.90 bits per heavy atom. The third-order valence-electron chi connectivity index (χ3n) is 3.03. The number of hydrogen-bond donors (Lipinski definition) is 1. The van der Waals surface area contributed by atoms with Gasteiger partial charge in [0.05, 0.1) is 15.9 Å². The van der Waals surface area contributed by atoms with E-state index in [2.05, 4.69) is 31.2 Å². The first kappa shape index (κ1) is 15.1. The summed E-state index contributed by atoms with van der Waals surface area (Å²) >= 11 is 7.82. The van der Waals surface area contributed by atoms with Gasteiger partial charge in [-0.3, -0.25) is 0 Å². The minimum Gasteiger partial charge on any atom is -0.609 e. The molecule has 0 saturated heterocycles. The molecule has 0 fully saturated rings. The lowest BCUT2D eigenvalue weighted by Gasteiger charge is -2.12. The van der Waals surface area contributed by atoms with Crippen LogP contribution in [0.4, 0.5) is 10.2 Å². The van der Waals surface area contributed by atoms with Gasteiger partial charge in [-0.2, -0.15) is 9.97 Å². The molecule has 1 aromatic heterocycles. The SMILES string of the molecule is C[C@H]1COc2c(Cl)c(Br)c(F)c3nc([S+](C)[O-])nc(c23)N1. The first-order valence-corrected chi connectivity index (χ1v) is 8.74. The van der Waals surface area contributed by atoms with Crippen molar-refractivity contribution in [2.24, 2.45) is 0 Å². The van der Waals surface area contributed by atoms with Crippen LogP contribution in [0.25, 0.3) is 10.9 Å². The number of rotatable bonds is 1. The van der Waals surface area contributed by atoms with Gasteiger partial charge in [-0.25, -0.2) is 4.39 Å². The summed E-state index contributed by atoms with van der Waals surface area (Å²) in [5.41, 5.74) is 0.0260. The highest BCUT2D eigenvalue weighted by atomic mass is 79.9. The molecular weight excluding hydrogens is 385 g/mol. The predicted molar refractivity (Wildman–Crippen MR) is 83.1 cm³/mol. The van der Waals surface area contributed by atoms with E-state index in [0.29, 0.717) is 23.6 Å². The zero-order valence-electron chi connectivity index (χ0n) is 11.0. The summed E-state index contributed by atoms with van der Waals surface area (Å²) in [6, 6.07) is -0.0634. The molecule has 5 nitrogen and oxygen atoms in total. The van der Waals surface area contributed by atoms with Gasteiger partial charge in [0.1, 0.15) is 29.2 Å². The Morgan fingerprint density at radius 1 is 1.52 bits per heavy atom. The highest BCUT2D eigenvalue weighted by Gasteiger charge is 2.28. The lowest BCUT2D eigenvalue weighted by atomic mass is 10.2. The summed E-state index contributed by atoms with van der Waals surface area (Å²) in [5.74, 6) is 0.0628. The monoisotopic (exact) mass is 393 g/mol. The van der Waals surface area contributed by atoms with Crippen LogP contribution in [0.3, 0.4) is 0 Å². The molecule has 1 aliphatic rings. The fourth-order valence-corrected chi connectivity index (χ4v) is 3.12. The van der Waals surface area contributed by atoms with Crippen LogP contribution in [0.5, 0.6) is 5.75 Å². The van der Waals surface area contributed by atoms with Crippen molar-refractivity contribution in [1.29, 1.82) is 0 Å². The topological polar surface area (TPSA) is 70.1 Å². The van der Waals surface area contributed by atoms with E-state index in [9.17, 15) is 8.94 Å². The Hall–Kier alpha value is -0.830. The molecule has 0 spiro atoms. The van der Waals surface area contributed by atoms with Gasteiger partial charge in [0.15, 0.2) is 11.6 Å². The Kier molecular flexibility index (Phi) is 3.89. The van der Waals surface area contributed by atoms with Crippen molar-refractivity contribution in [3.8, 4) is 5.75 Å². The summed E-state index contributed by atoms with van der Waals surface area (Å²) < 4.78 is 31.8. The molecule has 9 heteroatoms. The Labute approximate surface area is 136 Å². The van der Waals surface area contributed by atoms with Crippen molar-refractivity contribution >= 4 is 55.4 Å². The maximum Gasteiger partial charge on any atom is 0.345 e. The molecule has 0 aliphatic carbocycles. The first-order valence-electron chi connectivity index (χ1n) is 6.01. The minimum atomic E-state index is -1.43. The number of aromatic nitrogens is 2. The molecule has 1 aromatic carbocycles. The molecular formula is C12H10BrClFN3O2S. The summed E-state index contributed by atoms with van der Waals surface area (Å²) in [5, 5.41) is 3.65. The van der Waals surface area contributed by atoms with Crippen molar-refractivity contribution in [3.63, 3.8) is 0 Å². The van der Waals surface area contributed by atoms with Gasteiger partial charge in [0.2, 0.25) is 0 Å². The largest absolute Gasteiger partial charge is 0.609 e. The first-order chi connectivity index (χ1) is 9.90. The van der Waals surface area contributed by atoms with E-state index >= 15 is 0 Å². The van der Waals surface area contributed by atoms with E-state index < -0.39 is 17.0 Å². The predicted octanol–water partition coefficient (Wildman–Crippen LogP) is 3.12. The number of ether oxygens (including phenoxy) is 1. The zero-order valence-corrected chi connectivity index (χ0v) is 14.2. The molecule has 0 radical (unpaired) electrons. The number of nitrogens with one attached hydrogen (secondary N) is 1. The molecule has 1 unspecified atom stereocenters. The van der Waals surface area contributed by atoms with Gasteiger partial charge in [0.25, 0.3) is 0 Å². The number of halogens is 3. The van der Waals surface area contributed by atoms with Crippen LogP contribution in [0.2, 0.25) is 5.02 Å². The van der Waals surface area contributed by atoms with Crippen LogP contribution in [0.15, 0.2) is 9.63 Å². The summed E-state index contributed by atoms with van der Waals surface area (Å²) in [6.45, 7) is 2.23. The van der Waals surface area contributed by atoms with Crippen molar-refractivity contribution < 1.29 is 13.7 Å². The number of nitrogens with zero attached hydrogens (tertiary/aromatic N) is 2. The molecule has 1 N–H and O–H groups in total. The van der Waals surface area contributed by atoms with Gasteiger partial charge in [-0.15, -0.1) is 0 Å². The summed E-state index contributed by atoms with van der Waals surface area (Å²) in [4.78, 5) is 8.26. The fraction of sp³-hybridized carbons (Fsp3) is 0.333. The second kappa shape index (κ2) is 5.42. The number of anilines is 1. The van der Waals surface area contributed by atoms with Crippen molar-refractivity contribution in [3.05, 3.63) is 15.3 Å². The van der Waals surface area contributed by atoms with Gasteiger partial charge in [-0.05, 0) is 22.9 Å². The van der Waals surface area contributed by atoms with E-state index in [-0.39, 0.29) is 26.2 Å². The standard InChI is InChI=1S/C12H10BrClFN3O2S/c1-4-3-20-10-5-9(8(15)6(13)7(10)14)17-12(21(2)19)18-11(5)16-4/h4H,3H2,1-2H3,(H,16,17,18)/t4-,21?/m0/s1. The van der Waals surface area contributed by atoms with E-state index in [4.69, 9.17) is 16.3 Å². The van der Waals surface area contributed by atoms with Gasteiger partial charge >= 0.3 is 5.16 Å². The van der Waals surface area contributed by atoms with Crippen LogP contribution in [0, 0.1) is 5.82 Å². The van der Waals surface area contributed by atoms with Crippen LogP contribution in [-0.4, -0.2) is 33.4 Å². The van der Waals surface area contributed by atoms with Gasteiger partial charge in [-0.1, -0.05) is 11.6 Å². The third kappa shape index (κ3) is 2.44. The van der Waals surface area contributed by atoms with Crippen LogP contribution in [-0.2, 0) is 11.2 Å². The molecule has 112 valence electrons. The Balaban J connectivity index is 2.45. The molecule has 0 saturated carbocycles. The summed E-state index contributed by atoms with van der Waals surface area (Å²) in [7, 11) is 0. The van der Waals surface area contributed by atoms with Gasteiger partial charge in [0, 0.05) is 11.2 Å². The second-order valence-electron chi connectivity index (χ2n) is 4.66. The highest BCUT2D eigenvalue weighted by molar-refractivity contribution is 9.10. The molecule has 2 atom stereocenters. The molecule has 2 heterocycles. The second-order valence-corrected chi connectivity index (χ2v) is 7.10. The van der Waals surface area contributed by atoms with Crippen molar-refractivity contribution in [2.45, 2.75) is 18.1 Å². The van der Waals surface area contributed by atoms with Crippen LogP contribution in [0.1, 0.15) is 6.92 Å². The molecule has 0 amide bonds. The molecule has 1 aliphatic heterocycles. The Morgan fingerprint density at radius 2 is 2.24 bits per heavy atom. The average molecular weight is 395 g/mol. The average Bonchev–Trinajstić information content (AvgIpc) is 2.60. The van der Waals surface area contributed by atoms with E-state index in [1.807, 2.05) is 6.92 Å². The quantitative estimate of drug-likeness (QED) is 0.457. The highest BCUT2D eigenvalue weighted by Crippen LogP contribution is 2.44. The maximum atomic E-state index is 14.4. The summed E-state index contributed by atoms with van der Waals surface area (Å²) in [6.07, 6.45) is 1.44. The lowest BCUT2D eigenvalue weighted by Crippen LogP contribution is -2.22. The zero-order chi connectivity index (χ0) is 15.3. The van der Waals surface area contributed by atoms with Crippen LogP contribution < -0.4 is 10.1 Å². The van der Waals surface area contributed by atoms with E-state index in [1.165, 1.54) is 6.26 Å². The maximum absolute atomic E-state index is 14.4. The molecule has 21 heavy (non-hydrogen) atoms. The van der Waals surface area contributed by atoms with E-state index in [1.54, 1.807) is 0 Å². The smallest absolute Gasteiger partial charge is 0.345 e. The van der Waals surface area contributed by atoms with Crippen molar-refractivity contribution in [1.82, 2.24) is 9.97 Å². The molecule has 0 bridgehead atoms. The fourth-order valence-electron chi connectivity index (χ4n) is 2.08. The lowest BCUT2D eigenvalue weighted by molar-refractivity contribution is 0.310. The van der Waals surface area contributed by atoms with Crippen LogP contribution >= 0.6 is 27.5 Å². The van der Waals surface area contributed by atoms with Gasteiger partial charge < -0.3 is 14.6 Å². The minimum absolute atomic E-state index is 0.0260.